The average molecular weight is 293 g/mol. The van der Waals surface area contributed by atoms with Crippen molar-refractivity contribution in [3.05, 3.63) is 0 Å². The van der Waals surface area contributed by atoms with Crippen LogP contribution in [0.25, 0.3) is 0 Å². The molecular weight excluding hydrogens is 260 g/mol. The van der Waals surface area contributed by atoms with Gasteiger partial charge in [-0.2, -0.15) is 0 Å². The molecule has 20 heavy (non-hydrogen) atoms. The molecule has 0 aliphatic heterocycles. The molecule has 114 valence electrons. The maximum atomic E-state index is 9.33. The Labute approximate surface area is 127 Å². The lowest BCUT2D eigenvalue weighted by molar-refractivity contribution is -0.185. The third-order valence-electron chi connectivity index (χ3n) is 6.45. The maximum Gasteiger partial charge on any atom is 0.113 e. The molecule has 0 aromatic heterocycles. The SMILES string of the molecule is CC(C)C([SiH2]C#CC12CC(CO)(C1)C2)(C(C)C)C(C)C. The Morgan fingerprint density at radius 3 is 1.80 bits per heavy atom. The minimum Gasteiger partial charge on any atom is -0.396 e. The fourth-order valence-corrected chi connectivity index (χ4v) is 7.29. The Morgan fingerprint density at radius 2 is 1.45 bits per heavy atom. The summed E-state index contributed by atoms with van der Waals surface area (Å²) in [4.78, 5) is 0. The Morgan fingerprint density at radius 1 is 1.00 bits per heavy atom. The van der Waals surface area contributed by atoms with Crippen LogP contribution in [0.3, 0.4) is 0 Å². The topological polar surface area (TPSA) is 20.2 Å². The Balaban J connectivity index is 2.05. The smallest absolute Gasteiger partial charge is 0.113 e. The van der Waals surface area contributed by atoms with Crippen molar-refractivity contribution in [2.45, 2.75) is 65.8 Å². The highest BCUT2D eigenvalue weighted by molar-refractivity contribution is 6.50. The molecule has 0 radical (unpaired) electrons. The third-order valence-corrected chi connectivity index (χ3v) is 9.86. The van der Waals surface area contributed by atoms with Crippen LogP contribution in [-0.2, 0) is 0 Å². The van der Waals surface area contributed by atoms with Crippen molar-refractivity contribution in [3.63, 3.8) is 0 Å². The van der Waals surface area contributed by atoms with E-state index in [1.54, 1.807) is 0 Å². The molecule has 3 saturated carbocycles. The van der Waals surface area contributed by atoms with Gasteiger partial charge in [-0.25, -0.2) is 0 Å². The van der Waals surface area contributed by atoms with Crippen molar-refractivity contribution < 1.29 is 5.11 Å². The van der Waals surface area contributed by atoms with Gasteiger partial charge in [0.05, 0.1) is 0 Å². The average Bonchev–Trinajstić information content (AvgIpc) is 2.23. The molecule has 0 spiro atoms. The fraction of sp³-hybridized carbons (Fsp3) is 0.889. The zero-order chi connectivity index (χ0) is 15.2. The van der Waals surface area contributed by atoms with Crippen LogP contribution in [0.4, 0.5) is 0 Å². The molecule has 0 saturated heterocycles. The number of rotatable bonds is 5. The monoisotopic (exact) mass is 292 g/mol. The lowest BCUT2D eigenvalue weighted by Crippen LogP contribution is -2.62. The molecule has 1 nitrogen and oxygen atoms in total. The normalized spacial score (nSPS) is 32.5. The molecule has 3 rings (SSSR count). The van der Waals surface area contributed by atoms with Crippen LogP contribution in [-0.4, -0.2) is 21.2 Å². The fourth-order valence-electron chi connectivity index (χ4n) is 5.30. The first-order valence-corrected chi connectivity index (χ1v) is 9.74. The lowest BCUT2D eigenvalue weighted by atomic mass is 9.36. The van der Waals surface area contributed by atoms with Crippen molar-refractivity contribution in [2.24, 2.45) is 28.6 Å². The quantitative estimate of drug-likeness (QED) is 0.608. The van der Waals surface area contributed by atoms with Gasteiger partial charge in [0, 0.05) is 12.0 Å². The Hall–Kier alpha value is -0.263. The molecule has 0 aromatic carbocycles. The van der Waals surface area contributed by atoms with Crippen LogP contribution in [0.1, 0.15) is 60.8 Å². The molecule has 3 fully saturated rings. The van der Waals surface area contributed by atoms with Gasteiger partial charge in [-0.05, 0) is 47.5 Å². The van der Waals surface area contributed by atoms with E-state index in [0.717, 1.165) is 37.0 Å². The summed E-state index contributed by atoms with van der Waals surface area (Å²) < 4.78 is 0. The molecule has 0 aromatic rings. The second kappa shape index (κ2) is 5.18. The predicted molar refractivity (Wildman–Crippen MR) is 89.3 cm³/mol. The van der Waals surface area contributed by atoms with Gasteiger partial charge in [-0.1, -0.05) is 41.5 Å². The molecule has 0 heterocycles. The third kappa shape index (κ3) is 2.27. The van der Waals surface area contributed by atoms with Gasteiger partial charge in [0.25, 0.3) is 0 Å². The first kappa shape index (κ1) is 16.1. The number of aliphatic hydroxyl groups is 1. The van der Waals surface area contributed by atoms with E-state index in [2.05, 4.69) is 53.0 Å². The summed E-state index contributed by atoms with van der Waals surface area (Å²) in [5.74, 6) is 5.81. The molecule has 0 unspecified atom stereocenters. The van der Waals surface area contributed by atoms with E-state index in [9.17, 15) is 5.11 Å². The van der Waals surface area contributed by atoms with E-state index >= 15 is 0 Å². The van der Waals surface area contributed by atoms with Crippen LogP contribution in [0.5, 0.6) is 0 Å². The van der Waals surface area contributed by atoms with E-state index in [1.165, 1.54) is 0 Å². The first-order chi connectivity index (χ1) is 9.22. The van der Waals surface area contributed by atoms with Gasteiger partial charge >= 0.3 is 0 Å². The summed E-state index contributed by atoms with van der Waals surface area (Å²) in [5.41, 5.74) is 4.32. The van der Waals surface area contributed by atoms with Crippen LogP contribution in [0, 0.1) is 40.0 Å². The predicted octanol–water partition coefficient (Wildman–Crippen LogP) is 3.41. The maximum absolute atomic E-state index is 9.33. The molecular formula is C18H32OSi. The van der Waals surface area contributed by atoms with E-state index in [-0.39, 0.29) is 0 Å². The summed E-state index contributed by atoms with van der Waals surface area (Å²) in [7, 11) is -0.404. The van der Waals surface area contributed by atoms with E-state index in [4.69, 9.17) is 0 Å². The highest BCUT2D eigenvalue weighted by Crippen LogP contribution is 2.72. The van der Waals surface area contributed by atoms with Gasteiger partial charge < -0.3 is 5.11 Å². The summed E-state index contributed by atoms with van der Waals surface area (Å²) in [6, 6.07) is 0. The Bertz CT molecular complexity index is 383. The molecule has 1 N–H and O–H groups in total. The molecule has 2 bridgehead atoms. The van der Waals surface area contributed by atoms with Crippen molar-refractivity contribution in [1.29, 1.82) is 0 Å². The van der Waals surface area contributed by atoms with Gasteiger partial charge in [0.1, 0.15) is 9.52 Å². The van der Waals surface area contributed by atoms with Gasteiger partial charge in [0.2, 0.25) is 0 Å². The van der Waals surface area contributed by atoms with E-state index < -0.39 is 9.52 Å². The number of hydrogen-bond donors (Lipinski definition) is 1. The molecule has 3 aliphatic carbocycles. The molecule has 0 amide bonds. The second-order valence-corrected chi connectivity index (χ2v) is 10.5. The standard InChI is InChI=1S/C18H32OSi/c1-13(2)18(14(3)4,15(5)6)20-8-7-16-9-17(10-16,11-16)12-19/h13-15,19H,9-12,20H2,1-6H3. The number of aliphatic hydroxyl groups excluding tert-OH is 1. The zero-order valence-corrected chi connectivity index (χ0v) is 15.6. The van der Waals surface area contributed by atoms with Crippen LogP contribution in [0.2, 0.25) is 5.04 Å². The lowest BCUT2D eigenvalue weighted by Gasteiger charge is -2.68. The summed E-state index contributed by atoms with van der Waals surface area (Å²) in [6.45, 7) is 14.7. The summed E-state index contributed by atoms with van der Waals surface area (Å²) in [5, 5.41) is 9.79. The molecule has 0 atom stereocenters. The second-order valence-electron chi connectivity index (χ2n) is 8.52. The van der Waals surface area contributed by atoms with Crippen molar-refractivity contribution in [2.75, 3.05) is 6.61 Å². The van der Waals surface area contributed by atoms with Gasteiger partial charge in [-0.15, -0.1) is 11.5 Å². The highest BCUT2D eigenvalue weighted by Gasteiger charge is 2.66. The number of hydrogen-bond acceptors (Lipinski definition) is 1. The minimum atomic E-state index is -0.404. The van der Waals surface area contributed by atoms with E-state index in [1.807, 2.05) is 0 Å². The van der Waals surface area contributed by atoms with Crippen LogP contribution >= 0.6 is 0 Å². The summed E-state index contributed by atoms with van der Waals surface area (Å²) in [6.07, 6.45) is 3.49. The summed E-state index contributed by atoms with van der Waals surface area (Å²) >= 11 is 0. The van der Waals surface area contributed by atoms with Crippen LogP contribution in [0.15, 0.2) is 0 Å². The first-order valence-electron chi connectivity index (χ1n) is 8.33. The molecule has 3 aliphatic rings. The van der Waals surface area contributed by atoms with Gasteiger partial charge in [0.15, 0.2) is 0 Å². The zero-order valence-electron chi connectivity index (χ0n) is 14.2. The van der Waals surface area contributed by atoms with Crippen molar-refractivity contribution >= 4 is 9.52 Å². The van der Waals surface area contributed by atoms with Crippen molar-refractivity contribution in [3.8, 4) is 11.5 Å². The largest absolute Gasteiger partial charge is 0.396 e. The highest BCUT2D eigenvalue weighted by atomic mass is 28.2. The van der Waals surface area contributed by atoms with Crippen LogP contribution < -0.4 is 0 Å². The Kier molecular flexibility index (Phi) is 4.17. The van der Waals surface area contributed by atoms with Crippen molar-refractivity contribution in [1.82, 2.24) is 0 Å². The van der Waals surface area contributed by atoms with E-state index in [0.29, 0.717) is 22.5 Å². The van der Waals surface area contributed by atoms with Gasteiger partial charge in [-0.3, -0.25) is 0 Å². The minimum absolute atomic E-state index is 0.293. The molecule has 2 heteroatoms.